The first-order valence-corrected chi connectivity index (χ1v) is 6.40. The van der Waals surface area contributed by atoms with E-state index in [1.807, 2.05) is 13.8 Å². The van der Waals surface area contributed by atoms with Crippen LogP contribution < -0.4 is 0 Å². The van der Waals surface area contributed by atoms with Gasteiger partial charge in [-0.25, -0.2) is 9.78 Å². The topological polar surface area (TPSA) is 50.2 Å². The number of nitrogens with zero attached hydrogens (tertiary/aromatic N) is 1. The molecule has 0 aliphatic rings. The monoisotopic (exact) mass is 253 g/mol. The van der Waals surface area contributed by atoms with Gasteiger partial charge < -0.3 is 5.11 Å². The van der Waals surface area contributed by atoms with E-state index in [0.29, 0.717) is 0 Å². The Labute approximate surface area is 101 Å². The molecular formula is C11H11NO2S2. The summed E-state index contributed by atoms with van der Waals surface area (Å²) in [4.78, 5) is 18.2. The summed E-state index contributed by atoms with van der Waals surface area (Å²) in [5.74, 6) is -0.954. The summed E-state index contributed by atoms with van der Waals surface area (Å²) in [7, 11) is 0. The van der Waals surface area contributed by atoms with E-state index in [9.17, 15) is 4.79 Å². The van der Waals surface area contributed by atoms with Crippen molar-refractivity contribution in [2.75, 3.05) is 0 Å². The second-order valence-corrected chi connectivity index (χ2v) is 6.22. The van der Waals surface area contributed by atoms with Crippen LogP contribution in [0.1, 0.15) is 25.1 Å². The van der Waals surface area contributed by atoms with E-state index in [1.54, 1.807) is 18.3 Å². The number of hydrogen-bond donors (Lipinski definition) is 1. The van der Waals surface area contributed by atoms with Gasteiger partial charge in [-0.15, -0.1) is 22.7 Å². The number of carbonyl (C=O) groups is 1. The molecule has 5 heteroatoms. The average molecular weight is 253 g/mol. The van der Waals surface area contributed by atoms with Crippen LogP contribution in [-0.4, -0.2) is 16.1 Å². The van der Waals surface area contributed by atoms with Crippen molar-refractivity contribution in [3.63, 3.8) is 0 Å². The highest BCUT2D eigenvalue weighted by Gasteiger charge is 2.17. The first kappa shape index (κ1) is 11.3. The Morgan fingerprint density at radius 2 is 1.94 bits per heavy atom. The predicted molar refractivity (Wildman–Crippen MR) is 66.6 cm³/mol. The van der Waals surface area contributed by atoms with E-state index in [0.717, 1.165) is 15.4 Å². The average Bonchev–Trinajstić information content (AvgIpc) is 2.69. The molecule has 0 saturated carbocycles. The number of hydrogen-bond acceptors (Lipinski definition) is 4. The number of aromatic nitrogens is 1. The predicted octanol–water partition coefficient (Wildman–Crippen LogP) is 3.50. The van der Waals surface area contributed by atoms with Crippen LogP contribution in [0.4, 0.5) is 0 Å². The Morgan fingerprint density at radius 1 is 1.25 bits per heavy atom. The van der Waals surface area contributed by atoms with Gasteiger partial charge in [0.05, 0.1) is 0 Å². The van der Waals surface area contributed by atoms with Gasteiger partial charge >= 0.3 is 5.97 Å². The highest BCUT2D eigenvalue weighted by atomic mass is 32.1. The minimum absolute atomic E-state index is 0.170. The maximum Gasteiger partial charge on any atom is 0.355 e. The molecule has 0 radical (unpaired) electrons. The molecule has 0 aliphatic heterocycles. The molecule has 0 bridgehead atoms. The standard InChI is InChI=1S/C11H11NO2S2/c1-5-4-8(6(2)15-5)10-12-9(11(13)14)7(3)16-10/h4H,1-3H3,(H,13,14). The van der Waals surface area contributed by atoms with Crippen LogP contribution in [0.2, 0.25) is 0 Å². The molecule has 0 amide bonds. The molecule has 84 valence electrons. The summed E-state index contributed by atoms with van der Waals surface area (Å²) < 4.78 is 0. The highest BCUT2D eigenvalue weighted by molar-refractivity contribution is 7.16. The van der Waals surface area contributed by atoms with Crippen LogP contribution in [0.3, 0.4) is 0 Å². The fourth-order valence-electron chi connectivity index (χ4n) is 1.55. The number of carboxylic acid groups (broad SMARTS) is 1. The van der Waals surface area contributed by atoms with E-state index >= 15 is 0 Å². The van der Waals surface area contributed by atoms with Gasteiger partial charge in [0.2, 0.25) is 0 Å². The molecule has 2 aromatic rings. The third kappa shape index (κ3) is 1.88. The van der Waals surface area contributed by atoms with Crippen molar-refractivity contribution in [1.82, 2.24) is 4.98 Å². The van der Waals surface area contributed by atoms with Crippen LogP contribution in [0.15, 0.2) is 6.07 Å². The van der Waals surface area contributed by atoms with Gasteiger partial charge in [0.1, 0.15) is 5.01 Å². The lowest BCUT2D eigenvalue weighted by Gasteiger charge is -1.91. The Bertz CT molecular complexity index is 554. The summed E-state index contributed by atoms with van der Waals surface area (Å²) in [6.07, 6.45) is 0. The van der Waals surface area contributed by atoms with Crippen molar-refractivity contribution in [2.45, 2.75) is 20.8 Å². The number of aromatic carboxylic acids is 1. The van der Waals surface area contributed by atoms with Gasteiger partial charge in [-0.3, -0.25) is 0 Å². The second kappa shape index (κ2) is 3.99. The van der Waals surface area contributed by atoms with Crippen molar-refractivity contribution in [2.24, 2.45) is 0 Å². The number of thiazole rings is 1. The third-order valence-corrected chi connectivity index (χ3v) is 4.24. The molecule has 0 aromatic carbocycles. The summed E-state index contributed by atoms with van der Waals surface area (Å²) in [5.41, 5.74) is 1.23. The summed E-state index contributed by atoms with van der Waals surface area (Å²) in [6.45, 7) is 5.86. The fourth-order valence-corrected chi connectivity index (χ4v) is 3.52. The van der Waals surface area contributed by atoms with Crippen molar-refractivity contribution >= 4 is 28.6 Å². The molecule has 0 atom stereocenters. The first-order chi connectivity index (χ1) is 7.49. The van der Waals surface area contributed by atoms with Crippen LogP contribution in [0.25, 0.3) is 10.6 Å². The Morgan fingerprint density at radius 3 is 2.38 bits per heavy atom. The normalized spacial score (nSPS) is 10.7. The number of aryl methyl sites for hydroxylation is 3. The van der Waals surface area contributed by atoms with Crippen LogP contribution >= 0.6 is 22.7 Å². The maximum absolute atomic E-state index is 10.9. The zero-order valence-electron chi connectivity index (χ0n) is 9.20. The molecule has 3 nitrogen and oxygen atoms in total. The Balaban J connectivity index is 2.53. The minimum Gasteiger partial charge on any atom is -0.476 e. The lowest BCUT2D eigenvalue weighted by molar-refractivity contribution is 0.0690. The number of carboxylic acids is 1. The zero-order chi connectivity index (χ0) is 11.9. The summed E-state index contributed by atoms with van der Waals surface area (Å²) in [6, 6.07) is 2.06. The Hall–Kier alpha value is -1.20. The summed E-state index contributed by atoms with van der Waals surface area (Å²) in [5, 5.41) is 9.75. The molecule has 0 saturated heterocycles. The third-order valence-electron chi connectivity index (χ3n) is 2.27. The molecule has 1 N–H and O–H groups in total. The van der Waals surface area contributed by atoms with Crippen LogP contribution in [0, 0.1) is 20.8 Å². The van der Waals surface area contributed by atoms with E-state index in [-0.39, 0.29) is 5.69 Å². The number of rotatable bonds is 2. The van der Waals surface area contributed by atoms with E-state index in [2.05, 4.69) is 11.1 Å². The van der Waals surface area contributed by atoms with Gasteiger partial charge in [-0.05, 0) is 26.8 Å². The van der Waals surface area contributed by atoms with Gasteiger partial charge in [0.25, 0.3) is 0 Å². The molecule has 2 heterocycles. The van der Waals surface area contributed by atoms with Crippen molar-refractivity contribution in [3.8, 4) is 10.6 Å². The second-order valence-electron chi connectivity index (χ2n) is 3.56. The lowest BCUT2D eigenvalue weighted by Crippen LogP contribution is -1.98. The van der Waals surface area contributed by atoms with Gasteiger partial charge in [0, 0.05) is 20.2 Å². The lowest BCUT2D eigenvalue weighted by atomic mass is 10.2. The van der Waals surface area contributed by atoms with Gasteiger partial charge in [0.15, 0.2) is 5.69 Å². The SMILES string of the molecule is Cc1cc(-c2nc(C(=O)O)c(C)s2)c(C)s1. The van der Waals surface area contributed by atoms with Crippen LogP contribution in [0.5, 0.6) is 0 Å². The van der Waals surface area contributed by atoms with Gasteiger partial charge in [-0.1, -0.05) is 0 Å². The zero-order valence-corrected chi connectivity index (χ0v) is 10.8. The Kier molecular flexibility index (Phi) is 2.82. The largest absolute Gasteiger partial charge is 0.476 e. The molecule has 0 unspecified atom stereocenters. The first-order valence-electron chi connectivity index (χ1n) is 4.77. The molecular weight excluding hydrogens is 242 g/mol. The number of thiophene rings is 1. The quantitative estimate of drug-likeness (QED) is 0.891. The highest BCUT2D eigenvalue weighted by Crippen LogP contribution is 2.34. The molecule has 2 aromatic heterocycles. The minimum atomic E-state index is -0.954. The molecule has 0 spiro atoms. The van der Waals surface area contributed by atoms with E-state index < -0.39 is 5.97 Å². The smallest absolute Gasteiger partial charge is 0.355 e. The molecule has 16 heavy (non-hydrogen) atoms. The maximum atomic E-state index is 10.9. The van der Waals surface area contributed by atoms with Crippen molar-refractivity contribution < 1.29 is 9.90 Å². The van der Waals surface area contributed by atoms with E-state index in [4.69, 9.17) is 5.11 Å². The molecule has 2 rings (SSSR count). The fraction of sp³-hybridized carbons (Fsp3) is 0.273. The van der Waals surface area contributed by atoms with E-state index in [1.165, 1.54) is 21.1 Å². The van der Waals surface area contributed by atoms with Crippen molar-refractivity contribution in [1.29, 1.82) is 0 Å². The summed E-state index contributed by atoms with van der Waals surface area (Å²) >= 11 is 3.14. The van der Waals surface area contributed by atoms with Gasteiger partial charge in [-0.2, -0.15) is 0 Å². The van der Waals surface area contributed by atoms with Crippen molar-refractivity contribution in [3.05, 3.63) is 26.4 Å². The molecule has 0 aliphatic carbocycles. The molecule has 0 fully saturated rings. The van der Waals surface area contributed by atoms with Crippen LogP contribution in [-0.2, 0) is 0 Å².